The van der Waals surface area contributed by atoms with Crippen molar-refractivity contribution in [2.75, 3.05) is 0 Å². The summed E-state index contributed by atoms with van der Waals surface area (Å²) < 4.78 is 11.1. The number of hydrogen-bond acceptors (Lipinski definition) is 7. The fraction of sp³-hybridized carbons (Fsp3) is 0. The quantitative estimate of drug-likeness (QED) is 0.174. The van der Waals surface area contributed by atoms with Gasteiger partial charge in [-0.3, -0.25) is 4.57 Å². The van der Waals surface area contributed by atoms with Crippen molar-refractivity contribution in [3.63, 3.8) is 0 Å². The molecule has 0 aliphatic heterocycles. The summed E-state index contributed by atoms with van der Waals surface area (Å²) in [4.78, 5) is 25.8. The standard InChI is InChI=1S/C49H28N6OS/c1-3-14-29(15-4-1)46-52-47(30-16-5-2-6-17-30)54-49(53-46)55-38-23-10-7-18-32(38)37-28-31(26-27-39(37)55)48-50-42-35-20-8-11-24-40(35)56-44(42)43(51-48)36-22-13-21-34-33-19-9-12-25-41(33)57-45(34)36/h1-28H. The minimum Gasteiger partial charge on any atom is -0.452 e. The molecule has 8 heteroatoms. The van der Waals surface area contributed by atoms with E-state index >= 15 is 0 Å². The van der Waals surface area contributed by atoms with Crippen molar-refractivity contribution in [1.29, 1.82) is 0 Å². The maximum Gasteiger partial charge on any atom is 0.238 e. The van der Waals surface area contributed by atoms with Crippen molar-refractivity contribution in [1.82, 2.24) is 29.5 Å². The van der Waals surface area contributed by atoms with E-state index in [4.69, 9.17) is 29.3 Å². The number of hydrogen-bond donors (Lipinski definition) is 0. The van der Waals surface area contributed by atoms with E-state index in [-0.39, 0.29) is 0 Å². The first-order valence-electron chi connectivity index (χ1n) is 18.8. The van der Waals surface area contributed by atoms with E-state index in [9.17, 15) is 0 Å². The minimum absolute atomic E-state index is 0.544. The second kappa shape index (κ2) is 12.5. The zero-order chi connectivity index (χ0) is 37.5. The molecule has 0 saturated heterocycles. The molecule has 0 unspecified atom stereocenters. The van der Waals surface area contributed by atoms with Crippen LogP contribution in [0.15, 0.2) is 174 Å². The summed E-state index contributed by atoms with van der Waals surface area (Å²) in [6.07, 6.45) is 0. The predicted molar refractivity (Wildman–Crippen MR) is 232 cm³/mol. The van der Waals surface area contributed by atoms with Gasteiger partial charge in [-0.2, -0.15) is 9.97 Å². The number of aromatic nitrogens is 6. The number of furan rings is 1. The van der Waals surface area contributed by atoms with E-state index in [1.165, 1.54) is 20.2 Å². The van der Waals surface area contributed by atoms with Gasteiger partial charge < -0.3 is 4.42 Å². The first-order chi connectivity index (χ1) is 28.2. The van der Waals surface area contributed by atoms with Crippen LogP contribution in [0.25, 0.3) is 115 Å². The van der Waals surface area contributed by atoms with Crippen molar-refractivity contribution >= 4 is 75.4 Å². The molecule has 0 amide bonds. The van der Waals surface area contributed by atoms with E-state index in [1.807, 2.05) is 78.9 Å². The Morgan fingerprint density at radius 1 is 0.439 bits per heavy atom. The summed E-state index contributed by atoms with van der Waals surface area (Å²) in [7, 11) is 0. The van der Waals surface area contributed by atoms with E-state index in [0.717, 1.165) is 66.2 Å². The number of thiophene rings is 1. The molecule has 0 aliphatic rings. The minimum atomic E-state index is 0.544. The molecular formula is C49H28N6OS. The lowest BCUT2D eigenvalue weighted by molar-refractivity contribution is 0.667. The van der Waals surface area contributed by atoms with Crippen molar-refractivity contribution in [3.8, 4) is 51.4 Å². The molecule has 0 bridgehead atoms. The number of benzene rings is 7. The summed E-state index contributed by atoms with van der Waals surface area (Å²) in [6.45, 7) is 0. The summed E-state index contributed by atoms with van der Waals surface area (Å²) in [5.41, 5.74) is 8.75. The lowest BCUT2D eigenvalue weighted by Crippen LogP contribution is -2.06. The SMILES string of the molecule is c1ccc(-c2nc(-c3ccccc3)nc(-n3c4ccccc4c4cc(-c5nc(-c6cccc7c6sc6ccccc67)c6oc7ccccc7c6n5)ccc43)n2)cc1. The number of para-hydroxylation sites is 2. The van der Waals surface area contributed by atoms with Gasteiger partial charge in [-0.15, -0.1) is 11.3 Å². The highest BCUT2D eigenvalue weighted by molar-refractivity contribution is 7.26. The lowest BCUT2D eigenvalue weighted by Gasteiger charge is -2.11. The Balaban J connectivity index is 1.10. The van der Waals surface area contributed by atoms with Crippen molar-refractivity contribution in [2.45, 2.75) is 0 Å². The summed E-state index contributed by atoms with van der Waals surface area (Å²) in [5.74, 6) is 2.39. The average Bonchev–Trinajstić information content (AvgIpc) is 3.96. The smallest absolute Gasteiger partial charge is 0.238 e. The number of rotatable bonds is 5. The van der Waals surface area contributed by atoms with Gasteiger partial charge in [0.15, 0.2) is 23.1 Å². The summed E-state index contributed by atoms with van der Waals surface area (Å²) >= 11 is 1.78. The molecule has 266 valence electrons. The molecule has 0 saturated carbocycles. The molecule has 7 nitrogen and oxygen atoms in total. The third-order valence-corrected chi connectivity index (χ3v) is 11.9. The molecule has 0 aliphatic carbocycles. The third-order valence-electron chi connectivity index (χ3n) is 10.7. The van der Waals surface area contributed by atoms with Gasteiger partial charge in [0, 0.05) is 58.6 Å². The topological polar surface area (TPSA) is 82.5 Å². The fourth-order valence-electron chi connectivity index (χ4n) is 8.06. The van der Waals surface area contributed by atoms with Gasteiger partial charge in [-0.05, 0) is 42.5 Å². The Hall–Kier alpha value is -7.55. The second-order valence-corrected chi connectivity index (χ2v) is 15.1. The first-order valence-corrected chi connectivity index (χ1v) is 19.6. The van der Waals surface area contributed by atoms with Gasteiger partial charge in [0.2, 0.25) is 5.95 Å². The van der Waals surface area contributed by atoms with E-state index in [0.29, 0.717) is 29.0 Å². The highest BCUT2D eigenvalue weighted by Gasteiger charge is 2.23. The van der Waals surface area contributed by atoms with Gasteiger partial charge in [-0.1, -0.05) is 127 Å². The van der Waals surface area contributed by atoms with Crippen molar-refractivity contribution in [2.24, 2.45) is 0 Å². The highest BCUT2D eigenvalue weighted by atomic mass is 32.1. The number of fused-ring (bicyclic) bond motifs is 9. The molecule has 5 heterocycles. The average molecular weight is 749 g/mol. The number of nitrogens with zero attached hydrogens (tertiary/aromatic N) is 6. The molecule has 0 spiro atoms. The first kappa shape index (κ1) is 31.8. The molecule has 5 aromatic heterocycles. The molecule has 12 rings (SSSR count). The Morgan fingerprint density at radius 2 is 1.07 bits per heavy atom. The third kappa shape index (κ3) is 5.01. The van der Waals surface area contributed by atoms with Crippen LogP contribution < -0.4 is 0 Å². The van der Waals surface area contributed by atoms with Crippen LogP contribution in [0.3, 0.4) is 0 Å². The normalized spacial score (nSPS) is 11.9. The molecule has 7 aromatic carbocycles. The summed E-state index contributed by atoms with van der Waals surface area (Å²) in [6, 6.07) is 58.0. The zero-order valence-electron chi connectivity index (χ0n) is 30.2. The van der Waals surface area contributed by atoms with Crippen LogP contribution in [-0.2, 0) is 0 Å². The molecule has 0 N–H and O–H groups in total. The lowest BCUT2D eigenvalue weighted by atomic mass is 10.0. The van der Waals surface area contributed by atoms with Crippen LogP contribution >= 0.6 is 11.3 Å². The molecule has 0 fully saturated rings. The van der Waals surface area contributed by atoms with E-state index in [1.54, 1.807) is 11.3 Å². The molecule has 0 atom stereocenters. The van der Waals surface area contributed by atoms with Crippen LogP contribution in [0.2, 0.25) is 0 Å². The van der Waals surface area contributed by atoms with Crippen LogP contribution in [0, 0.1) is 0 Å². The molecule has 12 aromatic rings. The van der Waals surface area contributed by atoms with Gasteiger partial charge in [0.1, 0.15) is 16.8 Å². The largest absolute Gasteiger partial charge is 0.452 e. The Morgan fingerprint density at radius 3 is 1.86 bits per heavy atom. The predicted octanol–water partition coefficient (Wildman–Crippen LogP) is 12.7. The van der Waals surface area contributed by atoms with E-state index < -0.39 is 0 Å². The highest BCUT2D eigenvalue weighted by Crippen LogP contribution is 2.43. The second-order valence-electron chi connectivity index (χ2n) is 14.1. The van der Waals surface area contributed by atoms with E-state index in [2.05, 4.69) is 95.6 Å². The maximum atomic E-state index is 6.57. The van der Waals surface area contributed by atoms with Crippen LogP contribution in [0.1, 0.15) is 0 Å². The van der Waals surface area contributed by atoms with Gasteiger partial charge in [-0.25, -0.2) is 15.0 Å². The zero-order valence-corrected chi connectivity index (χ0v) is 31.0. The van der Waals surface area contributed by atoms with Crippen LogP contribution in [-0.4, -0.2) is 29.5 Å². The molecule has 0 radical (unpaired) electrons. The Bertz CT molecular complexity index is 3480. The maximum absolute atomic E-state index is 6.57. The fourth-order valence-corrected chi connectivity index (χ4v) is 9.28. The van der Waals surface area contributed by atoms with Crippen LogP contribution in [0.4, 0.5) is 0 Å². The van der Waals surface area contributed by atoms with Crippen molar-refractivity contribution < 1.29 is 4.42 Å². The molecular weight excluding hydrogens is 721 g/mol. The monoisotopic (exact) mass is 748 g/mol. The Kier molecular flexibility index (Phi) is 6.96. The van der Waals surface area contributed by atoms with Crippen LogP contribution in [0.5, 0.6) is 0 Å². The van der Waals surface area contributed by atoms with Gasteiger partial charge >= 0.3 is 0 Å². The molecule has 57 heavy (non-hydrogen) atoms. The van der Waals surface area contributed by atoms with Gasteiger partial charge in [0.25, 0.3) is 0 Å². The summed E-state index contributed by atoms with van der Waals surface area (Å²) in [5, 5.41) is 5.51. The Labute approximate surface area is 329 Å². The van der Waals surface area contributed by atoms with Gasteiger partial charge in [0.05, 0.1) is 11.0 Å². The van der Waals surface area contributed by atoms with Crippen molar-refractivity contribution in [3.05, 3.63) is 170 Å².